The fourth-order valence-electron chi connectivity index (χ4n) is 1.77. The minimum absolute atomic E-state index is 0.0914. The third-order valence-electron chi connectivity index (χ3n) is 2.28. The average molecular weight is 173 g/mol. The second-order valence-electron chi connectivity index (χ2n) is 3.58. The SMILES string of the molecule is CC1CC(CO)CN(C(=O)O)C1. The molecule has 2 N–H and O–H groups in total. The zero-order chi connectivity index (χ0) is 9.14. The first-order chi connectivity index (χ1) is 5.63. The van der Waals surface area contributed by atoms with E-state index in [1.807, 2.05) is 6.92 Å². The molecule has 2 atom stereocenters. The molecule has 1 amide bonds. The summed E-state index contributed by atoms with van der Waals surface area (Å²) in [6.45, 7) is 3.19. The highest BCUT2D eigenvalue weighted by molar-refractivity contribution is 5.65. The smallest absolute Gasteiger partial charge is 0.407 e. The van der Waals surface area contributed by atoms with Crippen LogP contribution in [0.25, 0.3) is 0 Å². The Morgan fingerprint density at radius 2 is 2.25 bits per heavy atom. The molecular formula is C8H15NO3. The molecule has 4 nitrogen and oxygen atoms in total. The molecule has 0 radical (unpaired) electrons. The van der Waals surface area contributed by atoms with Crippen molar-refractivity contribution >= 4 is 6.09 Å². The lowest BCUT2D eigenvalue weighted by atomic mass is 9.91. The number of likely N-dealkylation sites (tertiary alicyclic amines) is 1. The standard InChI is InChI=1S/C8H15NO3/c1-6-2-7(5-10)4-9(3-6)8(11)12/h6-7,10H,2-5H2,1H3,(H,11,12). The van der Waals surface area contributed by atoms with Crippen LogP contribution in [0.3, 0.4) is 0 Å². The second kappa shape index (κ2) is 3.76. The third kappa shape index (κ3) is 2.11. The molecular weight excluding hydrogens is 158 g/mol. The fourth-order valence-corrected chi connectivity index (χ4v) is 1.77. The van der Waals surface area contributed by atoms with Gasteiger partial charge in [-0.15, -0.1) is 0 Å². The van der Waals surface area contributed by atoms with Gasteiger partial charge in [0.05, 0.1) is 0 Å². The van der Waals surface area contributed by atoms with E-state index < -0.39 is 6.09 Å². The van der Waals surface area contributed by atoms with Crippen molar-refractivity contribution in [1.29, 1.82) is 0 Å². The number of aliphatic hydroxyl groups excluding tert-OH is 1. The Morgan fingerprint density at radius 3 is 2.75 bits per heavy atom. The van der Waals surface area contributed by atoms with Crippen molar-refractivity contribution in [3.05, 3.63) is 0 Å². The third-order valence-corrected chi connectivity index (χ3v) is 2.28. The van der Waals surface area contributed by atoms with Crippen molar-refractivity contribution < 1.29 is 15.0 Å². The van der Waals surface area contributed by atoms with Crippen LogP contribution in [0.4, 0.5) is 4.79 Å². The van der Waals surface area contributed by atoms with Crippen molar-refractivity contribution in [2.45, 2.75) is 13.3 Å². The predicted octanol–water partition coefficient (Wildman–Crippen LogP) is 0.615. The van der Waals surface area contributed by atoms with Crippen molar-refractivity contribution in [2.24, 2.45) is 11.8 Å². The Kier molecular flexibility index (Phi) is 2.92. The molecule has 1 rings (SSSR count). The Hall–Kier alpha value is -0.770. The number of hydrogen-bond acceptors (Lipinski definition) is 2. The number of carbonyl (C=O) groups is 1. The molecule has 0 aromatic rings. The van der Waals surface area contributed by atoms with Gasteiger partial charge in [-0.2, -0.15) is 0 Å². The Balaban J connectivity index is 2.51. The number of nitrogens with zero attached hydrogens (tertiary/aromatic N) is 1. The molecule has 0 aromatic carbocycles. The van der Waals surface area contributed by atoms with Crippen LogP contribution in [-0.4, -0.2) is 40.9 Å². The topological polar surface area (TPSA) is 60.8 Å². The van der Waals surface area contributed by atoms with Crippen LogP contribution in [0.1, 0.15) is 13.3 Å². The number of carboxylic acid groups (broad SMARTS) is 1. The van der Waals surface area contributed by atoms with E-state index in [0.29, 0.717) is 19.0 Å². The summed E-state index contributed by atoms with van der Waals surface area (Å²) in [5.74, 6) is 0.497. The van der Waals surface area contributed by atoms with Crippen LogP contribution in [0.2, 0.25) is 0 Å². The summed E-state index contributed by atoms with van der Waals surface area (Å²) in [5, 5.41) is 17.6. The minimum Gasteiger partial charge on any atom is -0.465 e. The summed E-state index contributed by atoms with van der Waals surface area (Å²) >= 11 is 0. The molecule has 0 spiro atoms. The summed E-state index contributed by atoms with van der Waals surface area (Å²) in [6.07, 6.45) is 0.0558. The first kappa shape index (κ1) is 9.32. The van der Waals surface area contributed by atoms with Crippen molar-refractivity contribution in [3.8, 4) is 0 Å². The average Bonchev–Trinajstić information content (AvgIpc) is 2.03. The zero-order valence-electron chi connectivity index (χ0n) is 7.23. The highest BCUT2D eigenvalue weighted by Crippen LogP contribution is 2.20. The molecule has 70 valence electrons. The predicted molar refractivity (Wildman–Crippen MR) is 44.0 cm³/mol. The van der Waals surface area contributed by atoms with Gasteiger partial charge >= 0.3 is 6.09 Å². The first-order valence-corrected chi connectivity index (χ1v) is 4.22. The van der Waals surface area contributed by atoms with E-state index in [9.17, 15) is 4.79 Å². The van der Waals surface area contributed by atoms with Crippen LogP contribution < -0.4 is 0 Å². The van der Waals surface area contributed by atoms with Gasteiger partial charge in [-0.3, -0.25) is 0 Å². The molecule has 1 heterocycles. The van der Waals surface area contributed by atoms with E-state index in [-0.39, 0.29) is 12.5 Å². The zero-order valence-corrected chi connectivity index (χ0v) is 7.23. The quantitative estimate of drug-likeness (QED) is 0.611. The van der Waals surface area contributed by atoms with Crippen LogP contribution in [0.5, 0.6) is 0 Å². The number of hydrogen-bond donors (Lipinski definition) is 2. The maximum atomic E-state index is 10.6. The molecule has 0 aromatic heterocycles. The molecule has 0 saturated carbocycles. The molecule has 1 aliphatic rings. The Labute approximate surface area is 71.8 Å². The first-order valence-electron chi connectivity index (χ1n) is 4.22. The van der Waals surface area contributed by atoms with Crippen molar-refractivity contribution in [3.63, 3.8) is 0 Å². The number of piperidine rings is 1. The summed E-state index contributed by atoms with van der Waals surface area (Å²) in [4.78, 5) is 12.0. The van der Waals surface area contributed by atoms with Gasteiger partial charge in [0.2, 0.25) is 0 Å². The number of amides is 1. The number of rotatable bonds is 1. The highest BCUT2D eigenvalue weighted by atomic mass is 16.4. The summed E-state index contributed by atoms with van der Waals surface area (Å²) < 4.78 is 0. The van der Waals surface area contributed by atoms with Gasteiger partial charge in [-0.1, -0.05) is 6.92 Å². The highest BCUT2D eigenvalue weighted by Gasteiger charge is 2.26. The molecule has 1 saturated heterocycles. The fraction of sp³-hybridized carbons (Fsp3) is 0.875. The van der Waals surface area contributed by atoms with Crippen LogP contribution in [0, 0.1) is 11.8 Å². The van der Waals surface area contributed by atoms with Crippen molar-refractivity contribution in [1.82, 2.24) is 4.90 Å². The molecule has 4 heteroatoms. The Bertz CT molecular complexity index is 172. The minimum atomic E-state index is -0.875. The molecule has 1 aliphatic heterocycles. The lowest BCUT2D eigenvalue weighted by Crippen LogP contribution is -2.43. The van der Waals surface area contributed by atoms with E-state index >= 15 is 0 Å². The molecule has 1 fully saturated rings. The second-order valence-corrected chi connectivity index (χ2v) is 3.58. The molecule has 12 heavy (non-hydrogen) atoms. The van der Waals surface area contributed by atoms with E-state index in [1.54, 1.807) is 0 Å². The van der Waals surface area contributed by atoms with Gasteiger partial charge in [0.1, 0.15) is 0 Å². The van der Waals surface area contributed by atoms with Crippen LogP contribution in [-0.2, 0) is 0 Å². The maximum absolute atomic E-state index is 10.6. The van der Waals surface area contributed by atoms with Crippen molar-refractivity contribution in [2.75, 3.05) is 19.7 Å². The van der Waals surface area contributed by atoms with Gasteiger partial charge in [0.15, 0.2) is 0 Å². The molecule has 2 unspecified atom stereocenters. The maximum Gasteiger partial charge on any atom is 0.407 e. The van der Waals surface area contributed by atoms with Crippen LogP contribution >= 0.6 is 0 Å². The lowest BCUT2D eigenvalue weighted by molar-refractivity contribution is 0.0801. The van der Waals surface area contributed by atoms with Gasteiger partial charge in [-0.25, -0.2) is 4.79 Å². The normalized spacial score (nSPS) is 30.3. The van der Waals surface area contributed by atoms with Gasteiger partial charge in [0, 0.05) is 25.6 Å². The van der Waals surface area contributed by atoms with Gasteiger partial charge in [0.25, 0.3) is 0 Å². The molecule has 0 bridgehead atoms. The Morgan fingerprint density at radius 1 is 1.58 bits per heavy atom. The van der Waals surface area contributed by atoms with E-state index in [4.69, 9.17) is 10.2 Å². The summed E-state index contributed by atoms with van der Waals surface area (Å²) in [5.41, 5.74) is 0. The largest absolute Gasteiger partial charge is 0.465 e. The molecule has 0 aliphatic carbocycles. The summed E-state index contributed by atoms with van der Waals surface area (Å²) in [7, 11) is 0. The van der Waals surface area contributed by atoms with Gasteiger partial charge < -0.3 is 15.1 Å². The van der Waals surface area contributed by atoms with Crippen LogP contribution in [0.15, 0.2) is 0 Å². The van der Waals surface area contributed by atoms with Gasteiger partial charge in [-0.05, 0) is 12.3 Å². The summed E-state index contributed by atoms with van der Waals surface area (Å²) in [6, 6.07) is 0. The number of aliphatic hydroxyl groups is 1. The lowest BCUT2D eigenvalue weighted by Gasteiger charge is -2.33. The monoisotopic (exact) mass is 173 g/mol. The van der Waals surface area contributed by atoms with E-state index in [2.05, 4.69) is 0 Å². The van der Waals surface area contributed by atoms with E-state index in [1.165, 1.54) is 4.90 Å². The van der Waals surface area contributed by atoms with E-state index in [0.717, 1.165) is 6.42 Å².